The highest BCUT2D eigenvalue weighted by Crippen LogP contribution is 2.40. The van der Waals surface area contributed by atoms with Gasteiger partial charge >= 0.3 is 0 Å². The second-order valence-corrected chi connectivity index (χ2v) is 7.30. The number of rotatable bonds is 6. The van der Waals surface area contributed by atoms with Crippen LogP contribution in [0.5, 0.6) is 0 Å². The van der Waals surface area contributed by atoms with Crippen molar-refractivity contribution in [3.63, 3.8) is 0 Å². The van der Waals surface area contributed by atoms with Gasteiger partial charge in [-0.1, -0.05) is 54.6 Å². The average Bonchev–Trinajstić information content (AvgIpc) is 3.06. The lowest BCUT2D eigenvalue weighted by atomic mass is 10.1. The SMILES string of the molecule is CCOP(OCC)c1c2ccccc2nn1-c1cccc2ccccc12. The first-order valence-electron chi connectivity index (χ1n) is 8.85. The quantitative estimate of drug-likeness (QED) is 0.442. The molecule has 0 saturated carbocycles. The van der Waals surface area contributed by atoms with Crippen molar-refractivity contribution < 1.29 is 9.05 Å². The highest BCUT2D eigenvalue weighted by molar-refractivity contribution is 7.56. The number of hydrogen-bond donors (Lipinski definition) is 0. The van der Waals surface area contributed by atoms with Crippen LogP contribution in [0, 0.1) is 0 Å². The zero-order valence-electron chi connectivity index (χ0n) is 14.9. The maximum Gasteiger partial charge on any atom is 0.225 e. The summed E-state index contributed by atoms with van der Waals surface area (Å²) in [6.07, 6.45) is 0. The van der Waals surface area contributed by atoms with Gasteiger partial charge in [0, 0.05) is 10.8 Å². The first kappa shape index (κ1) is 17.2. The molecule has 1 heterocycles. The van der Waals surface area contributed by atoms with E-state index < -0.39 is 8.38 Å². The molecule has 26 heavy (non-hydrogen) atoms. The van der Waals surface area contributed by atoms with Crippen LogP contribution in [-0.4, -0.2) is 23.0 Å². The molecule has 4 rings (SSSR count). The van der Waals surface area contributed by atoms with Gasteiger partial charge in [-0.15, -0.1) is 0 Å². The molecule has 0 amide bonds. The molecule has 0 aliphatic rings. The zero-order valence-corrected chi connectivity index (χ0v) is 15.8. The average molecular weight is 364 g/mol. The van der Waals surface area contributed by atoms with Crippen LogP contribution in [0.15, 0.2) is 66.7 Å². The van der Waals surface area contributed by atoms with Crippen LogP contribution < -0.4 is 5.44 Å². The summed E-state index contributed by atoms with van der Waals surface area (Å²) < 4.78 is 14.0. The van der Waals surface area contributed by atoms with E-state index in [0.717, 1.165) is 27.4 Å². The van der Waals surface area contributed by atoms with Crippen molar-refractivity contribution in [3.8, 4) is 5.69 Å². The summed E-state index contributed by atoms with van der Waals surface area (Å²) in [7, 11) is -1.22. The van der Waals surface area contributed by atoms with Crippen LogP contribution in [0.2, 0.25) is 0 Å². The molecule has 0 bridgehead atoms. The third-order valence-electron chi connectivity index (χ3n) is 4.21. The van der Waals surface area contributed by atoms with E-state index >= 15 is 0 Å². The molecule has 0 radical (unpaired) electrons. The summed E-state index contributed by atoms with van der Waals surface area (Å²) in [5, 5.41) is 8.32. The molecule has 0 aliphatic carbocycles. The Morgan fingerprint density at radius 3 is 2.23 bits per heavy atom. The van der Waals surface area contributed by atoms with E-state index in [1.54, 1.807) is 0 Å². The molecular formula is C21H21N2O2P. The lowest BCUT2D eigenvalue weighted by molar-refractivity contribution is 0.276. The summed E-state index contributed by atoms with van der Waals surface area (Å²) in [6.45, 7) is 5.19. The van der Waals surface area contributed by atoms with Gasteiger partial charge in [0.05, 0.1) is 24.4 Å². The normalized spacial score (nSPS) is 11.7. The minimum atomic E-state index is -1.22. The van der Waals surface area contributed by atoms with Crippen LogP contribution in [-0.2, 0) is 9.05 Å². The summed E-state index contributed by atoms with van der Waals surface area (Å²) in [4.78, 5) is 0. The van der Waals surface area contributed by atoms with Gasteiger partial charge in [-0.2, -0.15) is 5.10 Å². The summed E-state index contributed by atoms with van der Waals surface area (Å²) in [5.41, 5.74) is 2.99. The molecule has 5 heteroatoms. The highest BCUT2D eigenvalue weighted by atomic mass is 31.2. The largest absolute Gasteiger partial charge is 0.330 e. The molecule has 0 saturated heterocycles. The van der Waals surface area contributed by atoms with Crippen molar-refractivity contribution in [1.82, 2.24) is 9.78 Å². The van der Waals surface area contributed by atoms with Crippen molar-refractivity contribution in [2.45, 2.75) is 13.8 Å². The number of hydrogen-bond acceptors (Lipinski definition) is 3. The van der Waals surface area contributed by atoms with Crippen LogP contribution in [0.3, 0.4) is 0 Å². The first-order chi connectivity index (χ1) is 12.8. The van der Waals surface area contributed by atoms with Crippen molar-refractivity contribution >= 4 is 35.5 Å². The van der Waals surface area contributed by atoms with Crippen LogP contribution in [0.25, 0.3) is 27.4 Å². The van der Waals surface area contributed by atoms with Crippen LogP contribution in [0.4, 0.5) is 0 Å². The Kier molecular flexibility index (Phi) is 4.98. The summed E-state index contributed by atoms with van der Waals surface area (Å²) >= 11 is 0. The summed E-state index contributed by atoms with van der Waals surface area (Å²) in [5.74, 6) is 0. The van der Waals surface area contributed by atoms with Gasteiger partial charge in [0.2, 0.25) is 8.38 Å². The lowest BCUT2D eigenvalue weighted by Crippen LogP contribution is -2.18. The predicted octanol–water partition coefficient (Wildman–Crippen LogP) is 5.19. The molecule has 3 aromatic carbocycles. The van der Waals surface area contributed by atoms with E-state index in [4.69, 9.17) is 14.1 Å². The molecule has 0 fully saturated rings. The third-order valence-corrected chi connectivity index (χ3v) is 5.98. The fourth-order valence-electron chi connectivity index (χ4n) is 3.15. The van der Waals surface area contributed by atoms with Gasteiger partial charge in [-0.25, -0.2) is 4.68 Å². The molecule has 0 N–H and O–H groups in total. The second-order valence-electron chi connectivity index (χ2n) is 5.84. The monoisotopic (exact) mass is 364 g/mol. The topological polar surface area (TPSA) is 36.3 Å². The number of benzene rings is 3. The molecule has 0 unspecified atom stereocenters. The number of aromatic nitrogens is 2. The Morgan fingerprint density at radius 1 is 0.808 bits per heavy atom. The smallest absolute Gasteiger partial charge is 0.225 e. The third kappa shape index (κ3) is 3.01. The Hall–Kier alpha value is -2.26. The van der Waals surface area contributed by atoms with E-state index in [2.05, 4.69) is 48.5 Å². The van der Waals surface area contributed by atoms with Crippen molar-refractivity contribution in [2.24, 2.45) is 0 Å². The molecular weight excluding hydrogens is 343 g/mol. The van der Waals surface area contributed by atoms with Crippen molar-refractivity contribution in [3.05, 3.63) is 66.7 Å². The molecule has 4 nitrogen and oxygen atoms in total. The molecule has 0 atom stereocenters. The second kappa shape index (κ2) is 7.55. The van der Waals surface area contributed by atoms with Crippen molar-refractivity contribution in [1.29, 1.82) is 0 Å². The fourth-order valence-corrected chi connectivity index (χ4v) is 4.63. The molecule has 0 spiro atoms. The Morgan fingerprint density at radius 2 is 1.46 bits per heavy atom. The van der Waals surface area contributed by atoms with Gasteiger partial charge < -0.3 is 9.05 Å². The highest BCUT2D eigenvalue weighted by Gasteiger charge is 2.24. The van der Waals surface area contributed by atoms with Gasteiger partial charge in [-0.3, -0.25) is 0 Å². The minimum Gasteiger partial charge on any atom is -0.330 e. The van der Waals surface area contributed by atoms with E-state index in [1.807, 2.05) is 36.7 Å². The van der Waals surface area contributed by atoms with Crippen LogP contribution >= 0.6 is 8.38 Å². The van der Waals surface area contributed by atoms with Gasteiger partial charge in [0.15, 0.2) is 0 Å². The Labute approximate surface area is 154 Å². The van der Waals surface area contributed by atoms with Crippen molar-refractivity contribution in [2.75, 3.05) is 13.2 Å². The first-order valence-corrected chi connectivity index (χ1v) is 10.0. The number of nitrogens with zero attached hydrogens (tertiary/aromatic N) is 2. The molecule has 4 aromatic rings. The van der Waals surface area contributed by atoms with Gasteiger partial charge in [-0.05, 0) is 31.4 Å². The molecule has 132 valence electrons. The predicted molar refractivity (Wildman–Crippen MR) is 108 cm³/mol. The maximum absolute atomic E-state index is 5.99. The zero-order chi connectivity index (χ0) is 17.9. The van der Waals surface area contributed by atoms with Crippen LogP contribution in [0.1, 0.15) is 13.8 Å². The molecule has 1 aromatic heterocycles. The lowest BCUT2D eigenvalue weighted by Gasteiger charge is -2.18. The maximum atomic E-state index is 5.99. The minimum absolute atomic E-state index is 0.598. The Balaban J connectivity index is 2.01. The standard InChI is InChI=1S/C21H21N2O2P/c1-3-24-26(25-4-2)21-18-13-7-8-14-19(18)22-23(21)20-15-9-11-16-10-5-6-12-17(16)20/h5-15H,3-4H2,1-2H3. The summed E-state index contributed by atoms with van der Waals surface area (Å²) in [6, 6.07) is 22.8. The fraction of sp³-hybridized carbons (Fsp3) is 0.190. The molecule has 0 aliphatic heterocycles. The van der Waals surface area contributed by atoms with E-state index in [-0.39, 0.29) is 0 Å². The van der Waals surface area contributed by atoms with Gasteiger partial charge in [0.25, 0.3) is 0 Å². The van der Waals surface area contributed by atoms with Gasteiger partial charge in [0.1, 0.15) is 5.44 Å². The number of fused-ring (bicyclic) bond motifs is 2. The Bertz CT molecular complexity index is 1030. The van der Waals surface area contributed by atoms with E-state index in [1.165, 1.54) is 5.39 Å². The van der Waals surface area contributed by atoms with E-state index in [0.29, 0.717) is 13.2 Å². The van der Waals surface area contributed by atoms with E-state index in [9.17, 15) is 0 Å².